The van der Waals surface area contributed by atoms with E-state index in [1.807, 2.05) is 6.07 Å². The quantitative estimate of drug-likeness (QED) is 0.136. The summed E-state index contributed by atoms with van der Waals surface area (Å²) in [4.78, 5) is 37.2. The van der Waals surface area contributed by atoms with Gasteiger partial charge in [0.05, 0.1) is 13.7 Å². The summed E-state index contributed by atoms with van der Waals surface area (Å²) >= 11 is 0. The summed E-state index contributed by atoms with van der Waals surface area (Å²) < 4.78 is 110. The first-order valence-corrected chi connectivity index (χ1v) is 21.1. The normalized spacial score (nSPS) is 30.0. The first kappa shape index (κ1) is 45.6. The molecule has 5 rings (SSSR count). The third kappa shape index (κ3) is 10.8. The van der Waals surface area contributed by atoms with Gasteiger partial charge in [0.2, 0.25) is 6.29 Å². The van der Waals surface area contributed by atoms with Crippen molar-refractivity contribution >= 4 is 33.3 Å². The molecule has 0 aromatic heterocycles. The molecule has 0 spiro atoms. The average molecular weight is 862 g/mol. The highest BCUT2D eigenvalue weighted by atomic mass is 31.2. The van der Waals surface area contributed by atoms with Crippen LogP contribution in [0, 0.1) is 0 Å². The summed E-state index contributed by atoms with van der Waals surface area (Å²) in [7, 11) is -2.68. The van der Waals surface area contributed by atoms with Crippen LogP contribution in [-0.2, 0) is 79.5 Å². The standard InChI is InChI=1S/C36H49NO19P2/c1-20(38)48-18-26-30(50-21(2)39)32(51-22(3)40)33(57(41,44-5)45-6)36(54-26)56-31-28(37-58(42,46-7)47-8)35(52-25-16-14-24(43-4)15-17-25)53-27-19-49-34(55-29(27)31)23-12-10-9-11-13-23/h9-17,26-36H,18-19H2,1-8H3,(H,37,42)/t26-,27-,28-,29-,30-,31-,32+,33-,34?,35-,36+/m1/s1. The number of nitrogens with one attached hydrogen (secondary N) is 1. The van der Waals surface area contributed by atoms with Crippen molar-refractivity contribution < 1.29 is 89.0 Å². The zero-order chi connectivity index (χ0) is 42.2. The molecular weight excluding hydrogens is 812 g/mol. The Hall–Kier alpha value is -3.49. The molecule has 0 amide bonds. The van der Waals surface area contributed by atoms with Crippen LogP contribution in [0.25, 0.3) is 0 Å². The van der Waals surface area contributed by atoms with Gasteiger partial charge in [-0.15, -0.1) is 0 Å². The number of carbonyl (C=O) groups excluding carboxylic acids is 3. The minimum absolute atomic E-state index is 0.0746. The fourth-order valence-corrected chi connectivity index (χ4v) is 9.36. The second-order valence-corrected chi connectivity index (χ2v) is 17.4. The van der Waals surface area contributed by atoms with Gasteiger partial charge in [-0.05, 0) is 24.3 Å². The number of methoxy groups -OCH3 is 1. The van der Waals surface area contributed by atoms with E-state index in [9.17, 15) is 23.5 Å². The molecular formula is C36H49NO19P2. The molecule has 0 aliphatic carbocycles. The largest absolute Gasteiger partial charge is 0.497 e. The third-order valence-corrected chi connectivity index (χ3v) is 13.2. The van der Waals surface area contributed by atoms with Crippen LogP contribution in [0.2, 0.25) is 0 Å². The maximum atomic E-state index is 14.6. The van der Waals surface area contributed by atoms with Crippen LogP contribution in [0.3, 0.4) is 0 Å². The minimum atomic E-state index is -4.48. The highest BCUT2D eigenvalue weighted by molar-refractivity contribution is 7.54. The van der Waals surface area contributed by atoms with E-state index in [1.54, 1.807) is 48.5 Å². The number of hydrogen-bond acceptors (Lipinski definition) is 19. The van der Waals surface area contributed by atoms with Crippen molar-refractivity contribution in [2.75, 3.05) is 48.8 Å². The zero-order valence-electron chi connectivity index (χ0n) is 33.1. The number of benzene rings is 2. The Kier molecular flexibility index (Phi) is 15.9. The first-order chi connectivity index (χ1) is 27.7. The average Bonchev–Trinajstić information content (AvgIpc) is 3.21. The van der Waals surface area contributed by atoms with E-state index in [1.165, 1.54) is 7.11 Å². The summed E-state index contributed by atoms with van der Waals surface area (Å²) in [5.74, 6) is -1.61. The molecule has 1 unspecified atom stereocenters. The molecule has 2 aromatic rings. The molecule has 322 valence electrons. The van der Waals surface area contributed by atoms with Crippen LogP contribution in [0.4, 0.5) is 0 Å². The van der Waals surface area contributed by atoms with Gasteiger partial charge < -0.3 is 65.5 Å². The second-order valence-electron chi connectivity index (χ2n) is 13.0. The lowest BCUT2D eigenvalue weighted by molar-refractivity contribution is -0.360. The molecule has 58 heavy (non-hydrogen) atoms. The lowest BCUT2D eigenvalue weighted by Gasteiger charge is -2.52. The van der Waals surface area contributed by atoms with E-state index in [0.29, 0.717) is 11.3 Å². The predicted molar refractivity (Wildman–Crippen MR) is 198 cm³/mol. The molecule has 3 aliphatic rings. The van der Waals surface area contributed by atoms with Crippen molar-refractivity contribution in [2.45, 2.75) is 88.0 Å². The molecule has 0 bridgehead atoms. The van der Waals surface area contributed by atoms with E-state index in [-0.39, 0.29) is 12.4 Å². The number of hydrogen-bond donors (Lipinski definition) is 1. The summed E-state index contributed by atoms with van der Waals surface area (Å²) in [5.41, 5.74) is -1.07. The summed E-state index contributed by atoms with van der Waals surface area (Å²) in [6.07, 6.45) is -12.2. The van der Waals surface area contributed by atoms with Crippen LogP contribution in [0.1, 0.15) is 32.6 Å². The van der Waals surface area contributed by atoms with Crippen LogP contribution in [0.15, 0.2) is 54.6 Å². The van der Waals surface area contributed by atoms with Gasteiger partial charge in [0.1, 0.15) is 48.6 Å². The molecule has 3 heterocycles. The highest BCUT2D eigenvalue weighted by Crippen LogP contribution is 2.58. The van der Waals surface area contributed by atoms with Gasteiger partial charge in [-0.25, -0.2) is 9.65 Å². The van der Waals surface area contributed by atoms with Gasteiger partial charge in [-0.3, -0.25) is 18.9 Å². The Morgan fingerprint density at radius 3 is 1.91 bits per heavy atom. The molecule has 2 aromatic carbocycles. The zero-order valence-corrected chi connectivity index (χ0v) is 34.9. The second kappa shape index (κ2) is 20.2. The highest BCUT2D eigenvalue weighted by Gasteiger charge is 2.62. The molecule has 3 aliphatic heterocycles. The molecule has 11 atom stereocenters. The van der Waals surface area contributed by atoms with E-state index < -0.39 is 107 Å². The number of ether oxygens (including phenoxy) is 10. The van der Waals surface area contributed by atoms with Gasteiger partial charge in [0.15, 0.2) is 30.4 Å². The van der Waals surface area contributed by atoms with Crippen molar-refractivity contribution in [3.63, 3.8) is 0 Å². The van der Waals surface area contributed by atoms with Crippen molar-refractivity contribution in [2.24, 2.45) is 0 Å². The number of fused-ring (bicyclic) bond motifs is 1. The van der Waals surface area contributed by atoms with E-state index in [4.69, 9.17) is 65.5 Å². The van der Waals surface area contributed by atoms with Crippen molar-refractivity contribution in [3.8, 4) is 11.5 Å². The molecule has 0 saturated carbocycles. The van der Waals surface area contributed by atoms with Gasteiger partial charge in [0, 0.05) is 54.8 Å². The Labute approximate surface area is 335 Å². The van der Waals surface area contributed by atoms with Crippen molar-refractivity contribution in [3.05, 3.63) is 60.2 Å². The fraction of sp³-hybridized carbons (Fsp3) is 0.583. The monoisotopic (exact) mass is 861 g/mol. The fourth-order valence-electron chi connectivity index (χ4n) is 6.70. The van der Waals surface area contributed by atoms with Crippen molar-refractivity contribution in [1.82, 2.24) is 5.09 Å². The number of esters is 3. The molecule has 3 saturated heterocycles. The SMILES string of the molecule is COc1ccc(O[C@@H]2O[C@@H]3COC(c4ccccc4)O[C@H]3[C@H](O[C@@H]3O[C@H](COC(C)=O)[C@@H](OC(C)=O)[C@H](OC(C)=O)[C@H]3P(=O)(OC)OC)[C@H]2NP(=O)(OC)OC)cc1. The van der Waals surface area contributed by atoms with Crippen LogP contribution in [0.5, 0.6) is 11.5 Å². The van der Waals surface area contributed by atoms with Crippen LogP contribution < -0.4 is 14.6 Å². The maximum absolute atomic E-state index is 14.6. The van der Waals surface area contributed by atoms with E-state index in [2.05, 4.69) is 5.09 Å². The topological polar surface area (TPSA) is 227 Å². The van der Waals surface area contributed by atoms with Gasteiger partial charge >= 0.3 is 33.3 Å². The first-order valence-electron chi connectivity index (χ1n) is 17.9. The number of rotatable bonds is 17. The molecule has 1 N–H and O–H groups in total. The number of carbonyl (C=O) groups is 3. The van der Waals surface area contributed by atoms with Crippen LogP contribution in [-0.4, -0.2) is 128 Å². The van der Waals surface area contributed by atoms with Gasteiger partial charge in [-0.2, -0.15) is 0 Å². The summed E-state index contributed by atoms with van der Waals surface area (Å²) in [5, 5.41) is 2.84. The minimum Gasteiger partial charge on any atom is -0.497 e. The Bertz CT molecular complexity index is 1770. The Balaban J connectivity index is 1.67. The van der Waals surface area contributed by atoms with Crippen LogP contribution >= 0.6 is 15.3 Å². The lowest BCUT2D eigenvalue weighted by atomic mass is 9.95. The smallest absolute Gasteiger partial charge is 0.405 e. The summed E-state index contributed by atoms with van der Waals surface area (Å²) in [6, 6.07) is 14.1. The molecule has 3 fully saturated rings. The molecule has 20 nitrogen and oxygen atoms in total. The van der Waals surface area contributed by atoms with Crippen molar-refractivity contribution in [1.29, 1.82) is 0 Å². The molecule has 22 heteroatoms. The van der Waals surface area contributed by atoms with Gasteiger partial charge in [-0.1, -0.05) is 30.3 Å². The Morgan fingerprint density at radius 2 is 1.34 bits per heavy atom. The lowest BCUT2D eigenvalue weighted by Crippen LogP contribution is -2.69. The third-order valence-electron chi connectivity index (χ3n) is 9.35. The van der Waals surface area contributed by atoms with E-state index in [0.717, 1.165) is 49.2 Å². The van der Waals surface area contributed by atoms with E-state index >= 15 is 0 Å². The summed E-state index contributed by atoms with van der Waals surface area (Å²) in [6.45, 7) is 2.69. The maximum Gasteiger partial charge on any atom is 0.405 e. The molecule has 0 radical (unpaired) electrons. The Morgan fingerprint density at radius 1 is 0.724 bits per heavy atom. The van der Waals surface area contributed by atoms with Gasteiger partial charge in [0.25, 0.3) is 0 Å². The predicted octanol–water partition coefficient (Wildman–Crippen LogP) is 3.66.